The lowest BCUT2D eigenvalue weighted by Crippen LogP contribution is -2.35. The van der Waals surface area contributed by atoms with Gasteiger partial charge in [-0.05, 0) is 78.4 Å². The number of halogens is 2. The Labute approximate surface area is 267 Å². The third-order valence-corrected chi connectivity index (χ3v) is 8.54. The smallest absolute Gasteiger partial charge is 0.309 e. The number of carboxylic acids is 1. The number of carbonyl (C=O) groups is 2. The highest BCUT2D eigenvalue weighted by atomic mass is 35.5. The van der Waals surface area contributed by atoms with Gasteiger partial charge in [0.05, 0.1) is 19.1 Å². The zero-order chi connectivity index (χ0) is 32.1. The monoisotopic (exact) mass is 640 g/mol. The molecule has 0 bridgehead atoms. The Bertz CT molecular complexity index is 1510. The summed E-state index contributed by atoms with van der Waals surface area (Å²) in [5, 5.41) is 14.3. The number of ether oxygens (including phenoxy) is 4. The summed E-state index contributed by atoms with van der Waals surface area (Å²) in [4.78, 5) is 28.5. The second-order valence-corrected chi connectivity index (χ2v) is 11.5. The first kappa shape index (κ1) is 32.5. The van der Waals surface area contributed by atoms with Gasteiger partial charge in [0.2, 0.25) is 18.4 Å². The van der Waals surface area contributed by atoms with E-state index in [0.29, 0.717) is 54.6 Å². The Morgan fingerprint density at radius 2 is 1.73 bits per heavy atom. The number of aryl methyl sites for hydroxylation is 2. The topological polar surface area (TPSA) is 107 Å². The Morgan fingerprint density at radius 3 is 2.38 bits per heavy atom. The average Bonchev–Trinajstić information content (AvgIpc) is 3.66. The molecule has 11 heteroatoms. The summed E-state index contributed by atoms with van der Waals surface area (Å²) < 4.78 is 36.8. The fraction of sp³-hybridized carbons (Fsp3) is 0.412. The lowest BCUT2D eigenvalue weighted by atomic mass is 9.82. The molecule has 3 atom stereocenters. The highest BCUT2D eigenvalue weighted by Gasteiger charge is 2.48. The van der Waals surface area contributed by atoms with Gasteiger partial charge in [0.25, 0.3) is 0 Å². The molecule has 1 fully saturated rings. The molecule has 2 N–H and O–H groups in total. The molecule has 2 aliphatic rings. The molecule has 240 valence electrons. The average molecular weight is 641 g/mol. The summed E-state index contributed by atoms with van der Waals surface area (Å²) in [6, 6.07) is 13.1. The molecule has 1 unspecified atom stereocenters. The van der Waals surface area contributed by atoms with Crippen LogP contribution in [0.1, 0.15) is 55.0 Å². The van der Waals surface area contributed by atoms with Crippen molar-refractivity contribution in [2.24, 2.45) is 5.92 Å². The maximum atomic E-state index is 15.0. The molecule has 1 amide bonds. The number of amides is 1. The van der Waals surface area contributed by atoms with Gasteiger partial charge in [-0.15, -0.1) is 0 Å². The number of hydrogen-bond acceptors (Lipinski definition) is 7. The van der Waals surface area contributed by atoms with Crippen LogP contribution in [0.15, 0.2) is 48.5 Å². The fourth-order valence-corrected chi connectivity index (χ4v) is 6.52. The van der Waals surface area contributed by atoms with E-state index in [-0.39, 0.29) is 37.3 Å². The summed E-state index contributed by atoms with van der Waals surface area (Å²) in [7, 11) is 0. The number of aliphatic carboxylic acids is 1. The first-order chi connectivity index (χ1) is 21.7. The molecule has 9 nitrogen and oxygen atoms in total. The van der Waals surface area contributed by atoms with Crippen molar-refractivity contribution >= 4 is 29.2 Å². The molecule has 0 saturated carbocycles. The van der Waals surface area contributed by atoms with E-state index in [4.69, 9.17) is 30.5 Å². The Balaban J connectivity index is 1.47. The van der Waals surface area contributed by atoms with Gasteiger partial charge in [0.1, 0.15) is 12.4 Å². The molecule has 2 aliphatic heterocycles. The minimum atomic E-state index is -1.05. The van der Waals surface area contributed by atoms with Crippen molar-refractivity contribution in [3.8, 4) is 17.2 Å². The van der Waals surface area contributed by atoms with Crippen LogP contribution in [0.5, 0.6) is 17.2 Å². The van der Waals surface area contributed by atoms with Crippen LogP contribution in [0.2, 0.25) is 5.02 Å². The number of carbonyl (C=O) groups excluding carboxylic acids is 1. The van der Waals surface area contributed by atoms with Crippen molar-refractivity contribution in [2.75, 3.05) is 45.0 Å². The van der Waals surface area contributed by atoms with Crippen LogP contribution in [0.4, 0.5) is 10.1 Å². The number of anilines is 1. The third kappa shape index (κ3) is 7.19. The number of likely N-dealkylation sites (tertiary alicyclic amines) is 1. The van der Waals surface area contributed by atoms with E-state index in [1.165, 1.54) is 6.07 Å². The first-order valence-electron chi connectivity index (χ1n) is 15.2. The lowest BCUT2D eigenvalue weighted by molar-refractivity contribution is -0.143. The normalized spacial score (nSPS) is 19.1. The van der Waals surface area contributed by atoms with E-state index in [9.17, 15) is 14.7 Å². The Morgan fingerprint density at radius 1 is 1.02 bits per heavy atom. The number of nitrogens with one attached hydrogen (secondary N) is 1. The van der Waals surface area contributed by atoms with Gasteiger partial charge < -0.3 is 29.4 Å². The van der Waals surface area contributed by atoms with Crippen LogP contribution < -0.4 is 19.5 Å². The second kappa shape index (κ2) is 14.5. The van der Waals surface area contributed by atoms with Crippen LogP contribution in [-0.4, -0.2) is 61.6 Å². The summed E-state index contributed by atoms with van der Waals surface area (Å²) in [5.41, 5.74) is 3.73. The molecule has 0 aliphatic carbocycles. The summed E-state index contributed by atoms with van der Waals surface area (Å²) in [6.07, 6.45) is 1.35. The highest BCUT2D eigenvalue weighted by Crippen LogP contribution is 2.48. The standard InChI is InChI=1S/C34H38ClFN2O7/c1-4-20-13-24(35)14-21(5-2)31(20)37-29(39)18-38-17-26(23-15-27(36)33-28(16-23)44-19-45-33)30(34(40)41)32(38)22-7-9-25(10-8-22)43-12-11-42-6-3/h7-10,13-16,26,30,32H,4-6,11-12,17-19H2,1-3H3,(H,37,39)(H,40,41)/t26-,30?,32+/m1/s1. The number of benzene rings is 3. The molecule has 45 heavy (non-hydrogen) atoms. The van der Waals surface area contributed by atoms with Crippen LogP contribution in [0, 0.1) is 11.7 Å². The van der Waals surface area contributed by atoms with Gasteiger partial charge in [-0.3, -0.25) is 14.5 Å². The van der Waals surface area contributed by atoms with Crippen molar-refractivity contribution in [3.63, 3.8) is 0 Å². The highest BCUT2D eigenvalue weighted by molar-refractivity contribution is 6.30. The Kier molecular flexibility index (Phi) is 10.5. The molecule has 0 aromatic heterocycles. The van der Waals surface area contributed by atoms with Crippen molar-refractivity contribution in [1.82, 2.24) is 4.90 Å². The third-order valence-electron chi connectivity index (χ3n) is 8.32. The molecule has 0 spiro atoms. The molecule has 3 aromatic carbocycles. The molecular weight excluding hydrogens is 603 g/mol. The number of rotatable bonds is 13. The molecule has 1 saturated heterocycles. The SMILES string of the molecule is CCOCCOc1ccc([C@H]2C(C(=O)O)[C@@H](c3cc(F)c4c(c3)OCO4)CN2CC(=O)Nc2c(CC)cc(Cl)cc2CC)cc1. The molecule has 5 rings (SSSR count). The molecular formula is C34H38ClFN2O7. The minimum Gasteiger partial charge on any atom is -0.491 e. The first-order valence-corrected chi connectivity index (χ1v) is 15.6. The molecule has 2 heterocycles. The number of hydrogen-bond donors (Lipinski definition) is 2. The maximum Gasteiger partial charge on any atom is 0.309 e. The number of fused-ring (bicyclic) bond motifs is 1. The predicted molar refractivity (Wildman–Crippen MR) is 168 cm³/mol. The predicted octanol–water partition coefficient (Wildman–Crippen LogP) is 6.23. The fourth-order valence-electron chi connectivity index (χ4n) is 6.26. The van der Waals surface area contributed by atoms with E-state index in [0.717, 1.165) is 16.8 Å². The quantitative estimate of drug-likeness (QED) is 0.212. The molecule has 0 radical (unpaired) electrons. The van der Waals surface area contributed by atoms with Gasteiger partial charge in [0.15, 0.2) is 11.6 Å². The van der Waals surface area contributed by atoms with Gasteiger partial charge in [-0.2, -0.15) is 0 Å². The van der Waals surface area contributed by atoms with Crippen LogP contribution in [-0.2, 0) is 27.2 Å². The van der Waals surface area contributed by atoms with Gasteiger partial charge in [-0.1, -0.05) is 37.6 Å². The van der Waals surface area contributed by atoms with Crippen molar-refractivity contribution in [2.45, 2.75) is 45.6 Å². The van der Waals surface area contributed by atoms with Gasteiger partial charge in [-0.25, -0.2) is 4.39 Å². The van der Waals surface area contributed by atoms with Gasteiger partial charge in [0, 0.05) is 35.8 Å². The van der Waals surface area contributed by atoms with Crippen LogP contribution in [0.25, 0.3) is 0 Å². The maximum absolute atomic E-state index is 15.0. The number of nitrogens with zero attached hydrogens (tertiary/aromatic N) is 1. The summed E-state index contributed by atoms with van der Waals surface area (Å²) in [5.74, 6) is -2.73. The minimum absolute atomic E-state index is 0.0118. The lowest BCUT2D eigenvalue weighted by Gasteiger charge is -2.27. The van der Waals surface area contributed by atoms with E-state index >= 15 is 4.39 Å². The zero-order valence-corrected chi connectivity index (χ0v) is 26.4. The van der Waals surface area contributed by atoms with Crippen LogP contribution >= 0.6 is 11.6 Å². The summed E-state index contributed by atoms with van der Waals surface area (Å²) >= 11 is 6.32. The van der Waals surface area contributed by atoms with E-state index in [1.807, 2.05) is 49.9 Å². The number of carboxylic acid groups (broad SMARTS) is 1. The van der Waals surface area contributed by atoms with E-state index in [1.54, 1.807) is 18.2 Å². The van der Waals surface area contributed by atoms with Crippen LogP contribution in [0.3, 0.4) is 0 Å². The molecule has 3 aromatic rings. The summed E-state index contributed by atoms with van der Waals surface area (Å²) in [6.45, 7) is 7.32. The van der Waals surface area contributed by atoms with Crippen molar-refractivity contribution in [1.29, 1.82) is 0 Å². The van der Waals surface area contributed by atoms with Crippen molar-refractivity contribution < 1.29 is 38.0 Å². The second-order valence-electron chi connectivity index (χ2n) is 11.1. The van der Waals surface area contributed by atoms with Crippen molar-refractivity contribution in [3.05, 3.63) is 81.6 Å². The van der Waals surface area contributed by atoms with E-state index < -0.39 is 29.7 Å². The largest absolute Gasteiger partial charge is 0.491 e. The zero-order valence-electron chi connectivity index (χ0n) is 25.6. The van der Waals surface area contributed by atoms with Gasteiger partial charge >= 0.3 is 5.97 Å². The van der Waals surface area contributed by atoms with E-state index in [2.05, 4.69) is 5.32 Å². The Hall–Kier alpha value is -3.86.